The van der Waals surface area contributed by atoms with Crippen molar-refractivity contribution in [2.75, 3.05) is 0 Å². The fraction of sp³-hybridized carbons (Fsp3) is 0.333. The first-order chi connectivity index (χ1) is 8.88. The molecule has 0 heterocycles. The van der Waals surface area contributed by atoms with Gasteiger partial charge in [0.25, 0.3) is 0 Å². The van der Waals surface area contributed by atoms with Crippen molar-refractivity contribution in [3.8, 4) is 11.5 Å². The van der Waals surface area contributed by atoms with E-state index in [4.69, 9.17) is 4.74 Å². The maximum atomic E-state index is 6.11. The zero-order valence-electron chi connectivity index (χ0n) is 12.7. The molecule has 0 saturated heterocycles. The molecule has 1 nitrogen and oxygen atoms in total. The molecule has 2 rings (SSSR count). The molecule has 0 amide bonds. The fourth-order valence-corrected chi connectivity index (χ4v) is 2.21. The molecule has 0 N–H and O–H groups in total. The molecule has 0 atom stereocenters. The molecule has 2 aromatic rings. The molecule has 0 aliphatic carbocycles. The standard InChI is InChI=1S/C18H22O/c1-11-7-15(5)17(9-13(11)3)19-18-10-14(4)12(2)8-16(18)6/h7-10H,1-6H3. The Morgan fingerprint density at radius 3 is 1.16 bits per heavy atom. The highest BCUT2D eigenvalue weighted by Crippen LogP contribution is 2.31. The molecular formula is C18H22O. The van der Waals surface area contributed by atoms with Crippen molar-refractivity contribution >= 4 is 0 Å². The minimum Gasteiger partial charge on any atom is -0.457 e. The maximum Gasteiger partial charge on any atom is 0.130 e. The Morgan fingerprint density at radius 1 is 0.474 bits per heavy atom. The summed E-state index contributed by atoms with van der Waals surface area (Å²) in [6.07, 6.45) is 0. The van der Waals surface area contributed by atoms with E-state index in [-0.39, 0.29) is 0 Å². The predicted molar refractivity (Wildman–Crippen MR) is 81.4 cm³/mol. The van der Waals surface area contributed by atoms with E-state index in [1.165, 1.54) is 33.4 Å². The Morgan fingerprint density at radius 2 is 0.789 bits per heavy atom. The summed E-state index contributed by atoms with van der Waals surface area (Å²) in [5.41, 5.74) is 7.51. The highest BCUT2D eigenvalue weighted by molar-refractivity contribution is 5.47. The van der Waals surface area contributed by atoms with Crippen molar-refractivity contribution < 1.29 is 4.74 Å². The molecule has 0 aliphatic heterocycles. The second-order valence-electron chi connectivity index (χ2n) is 5.51. The molecule has 0 bridgehead atoms. The van der Waals surface area contributed by atoms with Crippen LogP contribution in [-0.4, -0.2) is 0 Å². The van der Waals surface area contributed by atoms with Crippen LogP contribution in [0, 0.1) is 41.5 Å². The van der Waals surface area contributed by atoms with Gasteiger partial charge < -0.3 is 4.74 Å². The molecule has 0 aromatic heterocycles. The molecule has 0 fully saturated rings. The smallest absolute Gasteiger partial charge is 0.130 e. The molecule has 0 unspecified atom stereocenters. The zero-order valence-corrected chi connectivity index (χ0v) is 12.7. The Hall–Kier alpha value is -1.76. The molecule has 100 valence electrons. The largest absolute Gasteiger partial charge is 0.457 e. The molecule has 19 heavy (non-hydrogen) atoms. The molecular weight excluding hydrogens is 232 g/mol. The summed E-state index contributed by atoms with van der Waals surface area (Å²) in [5.74, 6) is 1.91. The molecule has 0 spiro atoms. The van der Waals surface area contributed by atoms with Crippen LogP contribution in [0.25, 0.3) is 0 Å². The van der Waals surface area contributed by atoms with Crippen molar-refractivity contribution in [1.82, 2.24) is 0 Å². The third-order valence-electron chi connectivity index (χ3n) is 3.80. The van der Waals surface area contributed by atoms with Crippen LogP contribution in [0.5, 0.6) is 11.5 Å². The average molecular weight is 254 g/mol. The zero-order chi connectivity index (χ0) is 14.2. The van der Waals surface area contributed by atoms with Crippen LogP contribution in [0.1, 0.15) is 33.4 Å². The van der Waals surface area contributed by atoms with Crippen LogP contribution in [0.4, 0.5) is 0 Å². The van der Waals surface area contributed by atoms with Crippen molar-refractivity contribution in [3.63, 3.8) is 0 Å². The van der Waals surface area contributed by atoms with Gasteiger partial charge in [-0.25, -0.2) is 0 Å². The average Bonchev–Trinajstić information content (AvgIpc) is 2.32. The first kappa shape index (κ1) is 13.7. The summed E-state index contributed by atoms with van der Waals surface area (Å²) in [7, 11) is 0. The van der Waals surface area contributed by atoms with E-state index in [0.29, 0.717) is 0 Å². The Bertz CT molecular complexity index is 569. The number of benzene rings is 2. The summed E-state index contributed by atoms with van der Waals surface area (Å²) in [6.45, 7) is 12.7. The first-order valence-electron chi connectivity index (χ1n) is 6.72. The molecule has 1 heteroatoms. The van der Waals surface area contributed by atoms with Crippen LogP contribution >= 0.6 is 0 Å². The summed E-state index contributed by atoms with van der Waals surface area (Å²) in [6, 6.07) is 8.61. The van der Waals surface area contributed by atoms with Crippen LogP contribution in [0.2, 0.25) is 0 Å². The highest BCUT2D eigenvalue weighted by Gasteiger charge is 2.08. The van der Waals surface area contributed by atoms with Gasteiger partial charge in [-0.15, -0.1) is 0 Å². The van der Waals surface area contributed by atoms with Crippen molar-refractivity contribution in [2.45, 2.75) is 41.5 Å². The van der Waals surface area contributed by atoms with Gasteiger partial charge in [0.1, 0.15) is 11.5 Å². The van der Waals surface area contributed by atoms with Gasteiger partial charge in [0, 0.05) is 0 Å². The van der Waals surface area contributed by atoms with Crippen LogP contribution < -0.4 is 4.74 Å². The second-order valence-corrected chi connectivity index (χ2v) is 5.51. The lowest BCUT2D eigenvalue weighted by atomic mass is 10.0. The minimum absolute atomic E-state index is 0.953. The Balaban J connectivity index is 2.42. The Kier molecular flexibility index (Phi) is 3.66. The number of ether oxygens (including phenoxy) is 1. The summed E-state index contributed by atoms with van der Waals surface area (Å²) >= 11 is 0. The van der Waals surface area contributed by atoms with Crippen molar-refractivity contribution in [1.29, 1.82) is 0 Å². The number of hydrogen-bond acceptors (Lipinski definition) is 1. The molecule has 0 aliphatic rings. The van der Waals surface area contributed by atoms with Gasteiger partial charge in [-0.05, 0) is 87.1 Å². The molecule has 2 aromatic carbocycles. The van der Waals surface area contributed by atoms with E-state index in [2.05, 4.69) is 65.8 Å². The van der Waals surface area contributed by atoms with Gasteiger partial charge in [-0.3, -0.25) is 0 Å². The van der Waals surface area contributed by atoms with Gasteiger partial charge in [0.05, 0.1) is 0 Å². The van der Waals surface area contributed by atoms with Gasteiger partial charge in [-0.2, -0.15) is 0 Å². The SMILES string of the molecule is Cc1cc(C)c(Oc2cc(C)c(C)cc2C)cc1C. The monoisotopic (exact) mass is 254 g/mol. The minimum atomic E-state index is 0.953. The Labute approximate surface area is 116 Å². The van der Waals surface area contributed by atoms with Gasteiger partial charge in [0.2, 0.25) is 0 Å². The van der Waals surface area contributed by atoms with E-state index < -0.39 is 0 Å². The van der Waals surface area contributed by atoms with Crippen LogP contribution in [-0.2, 0) is 0 Å². The normalized spacial score (nSPS) is 10.6. The van der Waals surface area contributed by atoms with Gasteiger partial charge in [0.15, 0.2) is 0 Å². The van der Waals surface area contributed by atoms with Crippen LogP contribution in [0.3, 0.4) is 0 Å². The predicted octanol–water partition coefficient (Wildman–Crippen LogP) is 5.33. The van der Waals surface area contributed by atoms with Crippen molar-refractivity contribution in [3.05, 3.63) is 57.6 Å². The number of rotatable bonds is 2. The fourth-order valence-electron chi connectivity index (χ4n) is 2.21. The van der Waals surface area contributed by atoms with E-state index in [0.717, 1.165) is 11.5 Å². The molecule has 0 saturated carbocycles. The summed E-state index contributed by atoms with van der Waals surface area (Å²) in [4.78, 5) is 0. The topological polar surface area (TPSA) is 9.23 Å². The lowest BCUT2D eigenvalue weighted by molar-refractivity contribution is 0.474. The van der Waals surface area contributed by atoms with Gasteiger partial charge >= 0.3 is 0 Å². The summed E-state index contributed by atoms with van der Waals surface area (Å²) in [5, 5.41) is 0. The lowest BCUT2D eigenvalue weighted by Crippen LogP contribution is -1.94. The van der Waals surface area contributed by atoms with Crippen LogP contribution in [0.15, 0.2) is 24.3 Å². The van der Waals surface area contributed by atoms with E-state index >= 15 is 0 Å². The quantitative estimate of drug-likeness (QED) is 0.704. The van der Waals surface area contributed by atoms with Gasteiger partial charge in [-0.1, -0.05) is 12.1 Å². The van der Waals surface area contributed by atoms with E-state index in [9.17, 15) is 0 Å². The number of aryl methyl sites for hydroxylation is 6. The van der Waals surface area contributed by atoms with Crippen molar-refractivity contribution in [2.24, 2.45) is 0 Å². The highest BCUT2D eigenvalue weighted by atomic mass is 16.5. The summed E-state index contributed by atoms with van der Waals surface area (Å²) < 4.78 is 6.11. The first-order valence-corrected chi connectivity index (χ1v) is 6.72. The second kappa shape index (κ2) is 5.08. The van der Waals surface area contributed by atoms with E-state index in [1.807, 2.05) is 0 Å². The third-order valence-corrected chi connectivity index (χ3v) is 3.80. The number of hydrogen-bond donors (Lipinski definition) is 0. The third kappa shape index (κ3) is 2.81. The van der Waals surface area contributed by atoms with E-state index in [1.54, 1.807) is 0 Å². The maximum absolute atomic E-state index is 6.11. The molecule has 0 radical (unpaired) electrons. The lowest BCUT2D eigenvalue weighted by Gasteiger charge is -2.14.